The van der Waals surface area contributed by atoms with Gasteiger partial charge in [0.2, 0.25) is 0 Å². The van der Waals surface area contributed by atoms with Crippen LogP contribution in [0, 0.1) is 0 Å². The Morgan fingerprint density at radius 1 is 0.758 bits per heavy atom. The molecule has 5 heteroatoms. The van der Waals surface area contributed by atoms with E-state index in [-0.39, 0.29) is 5.97 Å². The summed E-state index contributed by atoms with van der Waals surface area (Å²) in [4.78, 5) is 18.1. The van der Waals surface area contributed by atoms with Crippen LogP contribution in [0.5, 0.6) is 0 Å². The molecule has 1 spiro atoms. The topological polar surface area (TPSA) is 32.8 Å². The monoisotopic (exact) mass is 452 g/mol. The van der Waals surface area contributed by atoms with E-state index in [9.17, 15) is 4.79 Å². The van der Waals surface area contributed by atoms with E-state index in [0.29, 0.717) is 5.56 Å². The molecule has 2 saturated heterocycles. The van der Waals surface area contributed by atoms with Crippen molar-refractivity contribution in [3.8, 4) is 0 Å². The molecule has 0 atom stereocenters. The normalized spacial score (nSPS) is 21.0. The molecule has 4 aliphatic heterocycles. The second kappa shape index (κ2) is 6.51. The fourth-order valence-corrected chi connectivity index (χ4v) is 9.34. The van der Waals surface area contributed by atoms with E-state index >= 15 is 0 Å². The zero-order valence-electron chi connectivity index (χ0n) is 19.2. The number of hydrogen-bond donors (Lipinski definition) is 0. The highest BCUT2D eigenvalue weighted by atomic mass is 28.3. The Hall–Kier alpha value is -3.05. The van der Waals surface area contributed by atoms with Crippen LogP contribution < -0.4 is 20.2 Å². The fraction of sp³-hybridized carbons (Fsp3) is 0.321. The first-order valence-electron chi connectivity index (χ1n) is 12.1. The van der Waals surface area contributed by atoms with E-state index in [1.807, 2.05) is 18.2 Å². The lowest BCUT2D eigenvalue weighted by molar-refractivity contribution is 0.0255. The molecule has 0 aromatic heterocycles. The van der Waals surface area contributed by atoms with E-state index < -0.39 is 13.7 Å². The minimum atomic E-state index is -2.05. The highest BCUT2D eigenvalue weighted by Crippen LogP contribution is 2.49. The van der Waals surface area contributed by atoms with Crippen molar-refractivity contribution in [2.24, 2.45) is 0 Å². The van der Waals surface area contributed by atoms with Gasteiger partial charge in [-0.15, -0.1) is 0 Å². The third-order valence-corrected chi connectivity index (χ3v) is 11.8. The second-order valence-electron chi connectivity index (χ2n) is 10.4. The lowest BCUT2D eigenvalue weighted by Gasteiger charge is -2.45. The number of nitrogens with zero attached hydrogens (tertiary/aromatic N) is 2. The van der Waals surface area contributed by atoms with Gasteiger partial charge >= 0.3 is 5.97 Å². The van der Waals surface area contributed by atoms with Gasteiger partial charge in [0.1, 0.15) is 8.07 Å². The molecule has 0 saturated carbocycles. The van der Waals surface area contributed by atoms with E-state index in [2.05, 4.69) is 65.4 Å². The van der Waals surface area contributed by atoms with Gasteiger partial charge in [-0.2, -0.15) is 0 Å². The first-order valence-corrected chi connectivity index (χ1v) is 15.1. The minimum Gasteiger partial charge on any atom is -0.441 e. The summed E-state index contributed by atoms with van der Waals surface area (Å²) in [5.74, 6) is -0.220. The van der Waals surface area contributed by atoms with Crippen molar-refractivity contribution in [2.45, 2.75) is 31.5 Å². The predicted octanol–water partition coefficient (Wildman–Crippen LogP) is 3.71. The van der Waals surface area contributed by atoms with Gasteiger partial charge in [-0.25, -0.2) is 4.79 Å². The lowest BCUT2D eigenvalue weighted by Crippen LogP contribution is -2.63. The molecule has 0 N–H and O–H groups in total. The summed E-state index contributed by atoms with van der Waals surface area (Å²) in [6, 6.07) is 21.7. The number of carbonyl (C=O) groups is 1. The Balaban J connectivity index is 1.53. The maximum Gasteiger partial charge on any atom is 0.340 e. The molecule has 0 aliphatic carbocycles. The predicted molar refractivity (Wildman–Crippen MR) is 135 cm³/mol. The molecule has 166 valence electrons. The first kappa shape index (κ1) is 19.4. The third kappa shape index (κ3) is 2.43. The Bertz CT molecular complexity index is 1260. The van der Waals surface area contributed by atoms with Crippen molar-refractivity contribution in [3.05, 3.63) is 82.9 Å². The third-order valence-electron chi connectivity index (χ3n) is 8.33. The molecule has 0 bridgehead atoms. The number of benzene rings is 3. The molecule has 7 rings (SSSR count). The van der Waals surface area contributed by atoms with E-state index in [0.717, 1.165) is 42.9 Å². The number of anilines is 2. The minimum absolute atomic E-state index is 0.220. The van der Waals surface area contributed by atoms with Gasteiger partial charge < -0.3 is 14.5 Å². The molecule has 4 heterocycles. The summed E-state index contributed by atoms with van der Waals surface area (Å²) in [5.41, 5.74) is 5.73. The summed E-state index contributed by atoms with van der Waals surface area (Å²) in [6.45, 7) is 9.41. The Morgan fingerprint density at radius 3 is 1.82 bits per heavy atom. The summed E-state index contributed by atoms with van der Waals surface area (Å²) in [5, 5.41) is 2.79. The van der Waals surface area contributed by atoms with Crippen LogP contribution in [0.2, 0.25) is 13.1 Å². The SMILES string of the molecule is C[Si]1(C)c2cc(N3CCC3)ccc2C2(OC(=O)c3ccccc32)c2ccc(N3CCC3)cc21. The first-order chi connectivity index (χ1) is 16.0. The Labute approximate surface area is 195 Å². The van der Waals surface area contributed by atoms with Crippen LogP contribution in [0.25, 0.3) is 0 Å². The smallest absolute Gasteiger partial charge is 0.340 e. The quantitative estimate of drug-likeness (QED) is 0.438. The molecule has 33 heavy (non-hydrogen) atoms. The van der Waals surface area contributed by atoms with E-state index in [4.69, 9.17) is 4.74 Å². The van der Waals surface area contributed by atoms with Crippen LogP contribution in [0.4, 0.5) is 11.4 Å². The van der Waals surface area contributed by atoms with Crippen molar-refractivity contribution in [1.29, 1.82) is 0 Å². The van der Waals surface area contributed by atoms with Gasteiger partial charge in [-0.3, -0.25) is 0 Å². The molecule has 0 unspecified atom stereocenters. The molecule has 0 amide bonds. The van der Waals surface area contributed by atoms with Crippen molar-refractivity contribution >= 4 is 35.8 Å². The number of fused-ring (bicyclic) bond motifs is 6. The number of hydrogen-bond acceptors (Lipinski definition) is 4. The number of carbonyl (C=O) groups excluding carboxylic acids is 1. The van der Waals surface area contributed by atoms with E-state index in [1.165, 1.54) is 34.6 Å². The number of ether oxygens (including phenoxy) is 1. The fourth-order valence-electron chi connectivity index (χ4n) is 6.16. The number of esters is 1. The van der Waals surface area contributed by atoms with Crippen molar-refractivity contribution < 1.29 is 9.53 Å². The van der Waals surface area contributed by atoms with E-state index in [1.54, 1.807) is 0 Å². The highest BCUT2D eigenvalue weighted by Gasteiger charge is 2.56. The standard InChI is InChI=1S/C28H28N2O2Si/c1-33(2)25-17-19(29-13-5-14-29)9-11-23(25)28(22-8-4-3-7-21(22)27(31)32-28)24-12-10-20(18-26(24)33)30-15-6-16-30/h3-4,7-12,17-18H,5-6,13-16H2,1-2H3. The van der Waals surface area contributed by atoms with Gasteiger partial charge in [0.15, 0.2) is 5.60 Å². The second-order valence-corrected chi connectivity index (χ2v) is 14.7. The maximum absolute atomic E-state index is 13.2. The Kier molecular flexibility index (Phi) is 3.83. The molecule has 4 aliphatic rings. The summed E-state index contributed by atoms with van der Waals surface area (Å²) in [7, 11) is -2.05. The summed E-state index contributed by atoms with van der Waals surface area (Å²) >= 11 is 0. The zero-order valence-corrected chi connectivity index (χ0v) is 20.2. The molecule has 0 radical (unpaired) electrons. The summed E-state index contributed by atoms with van der Waals surface area (Å²) < 4.78 is 6.44. The van der Waals surface area contributed by atoms with Gasteiger partial charge in [0, 0.05) is 54.2 Å². The van der Waals surface area contributed by atoms with Crippen LogP contribution in [0.15, 0.2) is 60.7 Å². The largest absolute Gasteiger partial charge is 0.441 e. The average molecular weight is 453 g/mol. The molecule has 3 aromatic carbocycles. The molecular weight excluding hydrogens is 424 g/mol. The van der Waals surface area contributed by atoms with Crippen LogP contribution in [-0.4, -0.2) is 40.2 Å². The molecule has 4 nitrogen and oxygen atoms in total. The Morgan fingerprint density at radius 2 is 1.30 bits per heavy atom. The van der Waals surface area contributed by atoms with Crippen molar-refractivity contribution in [3.63, 3.8) is 0 Å². The van der Waals surface area contributed by atoms with Crippen molar-refractivity contribution in [1.82, 2.24) is 0 Å². The average Bonchev–Trinajstić information content (AvgIpc) is 3.04. The van der Waals surface area contributed by atoms with Gasteiger partial charge in [0.25, 0.3) is 0 Å². The van der Waals surface area contributed by atoms with Gasteiger partial charge in [-0.05, 0) is 53.5 Å². The van der Waals surface area contributed by atoms with Gasteiger partial charge in [-0.1, -0.05) is 43.4 Å². The number of rotatable bonds is 2. The molecule has 2 fully saturated rings. The lowest BCUT2D eigenvalue weighted by atomic mass is 9.79. The maximum atomic E-state index is 13.2. The van der Waals surface area contributed by atoms with Crippen LogP contribution in [0.3, 0.4) is 0 Å². The summed E-state index contributed by atoms with van der Waals surface area (Å²) in [6.07, 6.45) is 2.52. The molecule has 3 aromatic rings. The van der Waals surface area contributed by atoms with Crippen molar-refractivity contribution in [2.75, 3.05) is 36.0 Å². The van der Waals surface area contributed by atoms with Crippen LogP contribution in [0.1, 0.15) is 39.9 Å². The van der Waals surface area contributed by atoms with Gasteiger partial charge in [0.05, 0.1) is 5.56 Å². The van der Waals surface area contributed by atoms with Crippen LogP contribution >= 0.6 is 0 Å². The van der Waals surface area contributed by atoms with Crippen LogP contribution in [-0.2, 0) is 10.3 Å². The zero-order chi connectivity index (χ0) is 22.4. The highest BCUT2D eigenvalue weighted by molar-refractivity contribution is 7.01. The molecular formula is C28H28N2O2Si.